The van der Waals surface area contributed by atoms with Gasteiger partial charge in [0.05, 0.1) is 13.2 Å². The number of methoxy groups -OCH3 is 1. The number of nitrogens with zero attached hydrogens (tertiary/aromatic N) is 1. The Bertz CT molecular complexity index is 292. The topological polar surface area (TPSA) is 72.6 Å². The molecule has 0 aromatic carbocycles. The number of carbonyl (C=O) groups excluding carboxylic acids is 2. The van der Waals surface area contributed by atoms with Gasteiger partial charge >= 0.3 is 5.97 Å². The summed E-state index contributed by atoms with van der Waals surface area (Å²) in [6.07, 6.45) is 3.22. The van der Waals surface area contributed by atoms with Gasteiger partial charge in [0.25, 0.3) is 0 Å². The minimum Gasteiger partial charge on any atom is -0.467 e. The molecule has 2 N–H and O–H groups in total. The smallest absolute Gasteiger partial charge is 0.328 e. The summed E-state index contributed by atoms with van der Waals surface area (Å²) in [5, 5.41) is 0. The minimum atomic E-state index is -0.438. The van der Waals surface area contributed by atoms with Crippen molar-refractivity contribution >= 4 is 11.9 Å². The van der Waals surface area contributed by atoms with Crippen molar-refractivity contribution in [1.29, 1.82) is 0 Å². The van der Waals surface area contributed by atoms with Crippen LogP contribution in [-0.4, -0.2) is 42.0 Å². The summed E-state index contributed by atoms with van der Waals surface area (Å²) in [5.74, 6) is -0.417. The quantitative estimate of drug-likeness (QED) is 0.602. The maximum atomic E-state index is 11.8. The zero-order chi connectivity index (χ0) is 11.0. The van der Waals surface area contributed by atoms with E-state index in [2.05, 4.69) is 0 Å². The highest BCUT2D eigenvalue weighted by molar-refractivity contribution is 5.89. The van der Waals surface area contributed by atoms with Crippen LogP contribution in [0.15, 0.2) is 0 Å². The predicted molar refractivity (Wildman–Crippen MR) is 52.9 cm³/mol. The Hall–Kier alpha value is -1.10. The Morgan fingerprint density at radius 2 is 2.07 bits per heavy atom. The average Bonchev–Trinajstić information content (AvgIpc) is 2.67. The van der Waals surface area contributed by atoms with Crippen molar-refractivity contribution in [1.82, 2.24) is 4.90 Å². The van der Waals surface area contributed by atoms with Crippen LogP contribution in [0.25, 0.3) is 0 Å². The monoisotopic (exact) mass is 212 g/mol. The summed E-state index contributed by atoms with van der Waals surface area (Å²) in [4.78, 5) is 24.9. The van der Waals surface area contributed by atoms with Gasteiger partial charge in [-0.1, -0.05) is 0 Å². The number of hydrogen-bond donors (Lipinski definition) is 1. The first-order chi connectivity index (χ1) is 7.15. The fourth-order valence-corrected chi connectivity index (χ4v) is 2.55. The molecule has 0 spiro atoms. The second-order valence-electron chi connectivity index (χ2n) is 4.20. The fourth-order valence-electron chi connectivity index (χ4n) is 2.55. The van der Waals surface area contributed by atoms with Crippen molar-refractivity contribution in [2.45, 2.75) is 43.8 Å². The molecule has 2 saturated heterocycles. The van der Waals surface area contributed by atoms with E-state index in [0.717, 1.165) is 19.3 Å². The molecule has 0 aliphatic carbocycles. The molecule has 1 amide bonds. The van der Waals surface area contributed by atoms with Gasteiger partial charge in [0.1, 0.15) is 6.04 Å². The molecule has 0 radical (unpaired) electrons. The number of nitrogens with two attached hydrogens (primary N) is 1. The third-order valence-corrected chi connectivity index (χ3v) is 3.36. The molecule has 84 valence electrons. The van der Waals surface area contributed by atoms with E-state index in [9.17, 15) is 9.59 Å². The standard InChI is InChI=1S/C10H16N2O3/c1-15-10(14)8-5-3-6-2-4-7(11)9(13)12(6)8/h6-8H,2-5,11H2,1H3/t6-,7+,8-/m0/s1. The molecule has 0 bridgehead atoms. The zero-order valence-electron chi connectivity index (χ0n) is 8.81. The van der Waals surface area contributed by atoms with Crippen LogP contribution in [0.4, 0.5) is 0 Å². The van der Waals surface area contributed by atoms with Crippen molar-refractivity contribution in [2.75, 3.05) is 7.11 Å². The molecule has 0 aromatic heterocycles. The van der Waals surface area contributed by atoms with Gasteiger partial charge in [0, 0.05) is 6.04 Å². The number of piperidine rings is 1. The molecule has 2 aliphatic heterocycles. The van der Waals surface area contributed by atoms with Gasteiger partial charge in [-0.3, -0.25) is 4.79 Å². The summed E-state index contributed by atoms with van der Waals surface area (Å²) in [6.45, 7) is 0. The SMILES string of the molecule is COC(=O)[C@@H]1CC[C@@H]2CC[C@@H](N)C(=O)N21. The first-order valence-electron chi connectivity index (χ1n) is 5.30. The highest BCUT2D eigenvalue weighted by atomic mass is 16.5. The molecular weight excluding hydrogens is 196 g/mol. The van der Waals surface area contributed by atoms with Crippen LogP contribution in [-0.2, 0) is 14.3 Å². The third-order valence-electron chi connectivity index (χ3n) is 3.36. The maximum Gasteiger partial charge on any atom is 0.328 e. The van der Waals surface area contributed by atoms with Crippen LogP contribution in [0.2, 0.25) is 0 Å². The molecule has 2 fully saturated rings. The number of rotatable bonds is 1. The Labute approximate surface area is 88.5 Å². The van der Waals surface area contributed by atoms with Crippen LogP contribution >= 0.6 is 0 Å². The summed E-state index contributed by atoms with van der Waals surface area (Å²) >= 11 is 0. The van der Waals surface area contributed by atoms with Crippen LogP contribution in [0, 0.1) is 0 Å². The number of hydrogen-bond acceptors (Lipinski definition) is 4. The van der Waals surface area contributed by atoms with Crippen LogP contribution in [0.5, 0.6) is 0 Å². The van der Waals surface area contributed by atoms with E-state index in [-0.39, 0.29) is 17.9 Å². The predicted octanol–water partition coefficient (Wildman–Crippen LogP) is -0.360. The number of ether oxygens (including phenoxy) is 1. The lowest BCUT2D eigenvalue weighted by molar-refractivity contribution is -0.154. The lowest BCUT2D eigenvalue weighted by atomic mass is 9.99. The second kappa shape index (κ2) is 3.81. The molecular formula is C10H16N2O3. The van der Waals surface area contributed by atoms with Crippen molar-refractivity contribution in [3.8, 4) is 0 Å². The summed E-state index contributed by atoms with van der Waals surface area (Å²) in [6, 6.07) is -0.647. The van der Waals surface area contributed by atoms with Crippen molar-refractivity contribution < 1.29 is 14.3 Å². The fraction of sp³-hybridized carbons (Fsp3) is 0.800. The van der Waals surface area contributed by atoms with Gasteiger partial charge in [0.2, 0.25) is 5.91 Å². The highest BCUT2D eigenvalue weighted by Crippen LogP contribution is 2.32. The van der Waals surface area contributed by atoms with E-state index < -0.39 is 12.1 Å². The molecule has 0 unspecified atom stereocenters. The second-order valence-corrected chi connectivity index (χ2v) is 4.20. The van der Waals surface area contributed by atoms with E-state index >= 15 is 0 Å². The average molecular weight is 212 g/mol. The molecule has 2 heterocycles. The Kier molecular flexibility index (Phi) is 2.65. The number of carbonyl (C=O) groups is 2. The van der Waals surface area contributed by atoms with E-state index in [1.165, 1.54) is 7.11 Å². The third kappa shape index (κ3) is 1.61. The normalized spacial score (nSPS) is 35.2. The number of esters is 1. The van der Waals surface area contributed by atoms with E-state index in [4.69, 9.17) is 10.5 Å². The van der Waals surface area contributed by atoms with Gasteiger partial charge in [-0.2, -0.15) is 0 Å². The van der Waals surface area contributed by atoms with Gasteiger partial charge in [-0.15, -0.1) is 0 Å². The highest BCUT2D eigenvalue weighted by Gasteiger charge is 2.45. The van der Waals surface area contributed by atoms with Gasteiger partial charge < -0.3 is 15.4 Å². The van der Waals surface area contributed by atoms with E-state index in [0.29, 0.717) is 6.42 Å². The molecule has 3 atom stereocenters. The first-order valence-corrected chi connectivity index (χ1v) is 5.30. The molecule has 5 heteroatoms. The first kappa shape index (κ1) is 10.4. The molecule has 2 rings (SSSR count). The molecule has 2 aliphatic rings. The van der Waals surface area contributed by atoms with Gasteiger partial charge in [-0.25, -0.2) is 4.79 Å². The maximum absolute atomic E-state index is 11.8. The molecule has 0 saturated carbocycles. The molecule has 0 aromatic rings. The van der Waals surface area contributed by atoms with Crippen molar-refractivity contribution in [3.63, 3.8) is 0 Å². The Morgan fingerprint density at radius 1 is 1.40 bits per heavy atom. The minimum absolute atomic E-state index is 0.0980. The Morgan fingerprint density at radius 3 is 2.73 bits per heavy atom. The summed E-state index contributed by atoms with van der Waals surface area (Å²) < 4.78 is 4.69. The van der Waals surface area contributed by atoms with Crippen LogP contribution in [0.3, 0.4) is 0 Å². The lowest BCUT2D eigenvalue weighted by Gasteiger charge is -2.35. The zero-order valence-corrected chi connectivity index (χ0v) is 8.81. The van der Waals surface area contributed by atoms with Crippen LogP contribution < -0.4 is 5.73 Å². The van der Waals surface area contributed by atoms with Crippen molar-refractivity contribution in [3.05, 3.63) is 0 Å². The van der Waals surface area contributed by atoms with E-state index in [1.54, 1.807) is 4.90 Å². The van der Waals surface area contributed by atoms with Crippen molar-refractivity contribution in [2.24, 2.45) is 5.73 Å². The van der Waals surface area contributed by atoms with Crippen LogP contribution in [0.1, 0.15) is 25.7 Å². The van der Waals surface area contributed by atoms with Gasteiger partial charge in [0.15, 0.2) is 0 Å². The number of amides is 1. The summed E-state index contributed by atoms with van der Waals surface area (Å²) in [5.41, 5.74) is 5.69. The molecule has 5 nitrogen and oxygen atoms in total. The van der Waals surface area contributed by atoms with Gasteiger partial charge in [-0.05, 0) is 25.7 Å². The van der Waals surface area contributed by atoms with E-state index in [1.807, 2.05) is 0 Å². The molecule has 15 heavy (non-hydrogen) atoms. The summed E-state index contributed by atoms with van der Waals surface area (Å²) in [7, 11) is 1.35. The largest absolute Gasteiger partial charge is 0.467 e. The number of fused-ring (bicyclic) bond motifs is 1. The Balaban J connectivity index is 2.17. The lowest BCUT2D eigenvalue weighted by Crippen LogP contribution is -2.55.